The third kappa shape index (κ3) is 3.26. The largest absolute Gasteiger partial charge is 0.505 e. The molecule has 1 amide bonds. The molecule has 1 N–H and O–H groups in total. The van der Waals surface area contributed by atoms with E-state index in [1.807, 2.05) is 0 Å². The van der Waals surface area contributed by atoms with Crippen molar-refractivity contribution in [3.05, 3.63) is 87.3 Å². The lowest BCUT2D eigenvalue weighted by atomic mass is 10.0. The van der Waals surface area contributed by atoms with E-state index in [9.17, 15) is 19.1 Å². The van der Waals surface area contributed by atoms with Gasteiger partial charge in [0.15, 0.2) is 0 Å². The van der Waals surface area contributed by atoms with Crippen LogP contribution in [0.2, 0.25) is 0 Å². The third-order valence-electron chi connectivity index (χ3n) is 4.89. The number of aryl methyl sites for hydroxylation is 1. The highest BCUT2D eigenvalue weighted by Gasteiger charge is 2.25. The molecule has 2 aromatic heterocycles. The first kappa shape index (κ1) is 17.9. The van der Waals surface area contributed by atoms with Crippen LogP contribution in [0.5, 0.6) is 5.75 Å². The molecule has 0 radical (unpaired) electrons. The zero-order valence-corrected chi connectivity index (χ0v) is 15.2. The maximum atomic E-state index is 13.2. The van der Waals surface area contributed by atoms with Gasteiger partial charge in [0, 0.05) is 36.7 Å². The van der Waals surface area contributed by atoms with Gasteiger partial charge in [-0.15, -0.1) is 0 Å². The van der Waals surface area contributed by atoms with Gasteiger partial charge in [-0.05, 0) is 54.8 Å². The van der Waals surface area contributed by atoms with Crippen LogP contribution in [0.25, 0.3) is 5.69 Å². The molecule has 0 saturated carbocycles. The Morgan fingerprint density at radius 2 is 1.93 bits per heavy atom. The van der Waals surface area contributed by atoms with Crippen molar-refractivity contribution in [2.24, 2.45) is 0 Å². The van der Waals surface area contributed by atoms with E-state index in [1.165, 1.54) is 35.0 Å². The molecule has 7 heteroatoms. The summed E-state index contributed by atoms with van der Waals surface area (Å²) in [5.41, 5.74) is 2.94. The third-order valence-corrected chi connectivity index (χ3v) is 4.89. The van der Waals surface area contributed by atoms with Gasteiger partial charge in [0.1, 0.15) is 11.6 Å². The molecule has 3 heterocycles. The van der Waals surface area contributed by atoms with Crippen LogP contribution in [0, 0.1) is 12.7 Å². The van der Waals surface area contributed by atoms with Crippen LogP contribution in [0.15, 0.2) is 53.6 Å². The predicted octanol–water partition coefficient (Wildman–Crippen LogP) is 2.58. The fourth-order valence-electron chi connectivity index (χ4n) is 3.40. The number of carbonyl (C=O) groups is 1. The van der Waals surface area contributed by atoms with Crippen molar-refractivity contribution in [2.45, 2.75) is 19.9 Å². The number of hydrogen-bond acceptors (Lipinski definition) is 4. The Bertz CT molecular complexity index is 1120. The minimum absolute atomic E-state index is 0.155. The molecule has 142 valence electrons. The molecule has 0 spiro atoms. The van der Waals surface area contributed by atoms with Crippen LogP contribution in [0.4, 0.5) is 4.39 Å². The SMILES string of the molecule is Cc1cc(C(=O)N2CCc3cc(=O)n(-c4ccc(F)cc4)cc3C2)c(O)cn1. The van der Waals surface area contributed by atoms with E-state index in [0.29, 0.717) is 30.9 Å². The van der Waals surface area contributed by atoms with Gasteiger partial charge in [-0.3, -0.25) is 19.1 Å². The number of aromatic hydroxyl groups is 1. The fraction of sp³-hybridized carbons (Fsp3) is 0.190. The molecule has 4 rings (SSSR count). The van der Waals surface area contributed by atoms with Gasteiger partial charge in [0.25, 0.3) is 11.5 Å². The molecule has 0 aliphatic carbocycles. The van der Waals surface area contributed by atoms with Crippen LogP contribution >= 0.6 is 0 Å². The lowest BCUT2D eigenvalue weighted by molar-refractivity contribution is 0.0731. The molecule has 3 aromatic rings. The summed E-state index contributed by atoms with van der Waals surface area (Å²) in [4.78, 5) is 30.9. The van der Waals surface area contributed by atoms with Gasteiger partial charge in [0.2, 0.25) is 0 Å². The van der Waals surface area contributed by atoms with E-state index in [1.54, 1.807) is 30.2 Å². The molecular weight excluding hydrogens is 361 g/mol. The molecule has 1 aromatic carbocycles. The lowest BCUT2D eigenvalue weighted by Crippen LogP contribution is -2.37. The second-order valence-electron chi connectivity index (χ2n) is 6.83. The summed E-state index contributed by atoms with van der Waals surface area (Å²) in [5, 5.41) is 10.00. The number of pyridine rings is 2. The topological polar surface area (TPSA) is 75.4 Å². The van der Waals surface area contributed by atoms with Crippen molar-refractivity contribution >= 4 is 5.91 Å². The smallest absolute Gasteiger partial charge is 0.258 e. The number of hydrogen-bond donors (Lipinski definition) is 1. The average molecular weight is 379 g/mol. The maximum Gasteiger partial charge on any atom is 0.258 e. The monoisotopic (exact) mass is 379 g/mol. The Labute approximate surface area is 160 Å². The number of carbonyl (C=O) groups excluding carboxylic acids is 1. The lowest BCUT2D eigenvalue weighted by Gasteiger charge is -2.29. The van der Waals surface area contributed by atoms with Crippen LogP contribution in [-0.2, 0) is 13.0 Å². The van der Waals surface area contributed by atoms with Gasteiger partial charge in [-0.25, -0.2) is 4.39 Å². The molecule has 0 atom stereocenters. The van der Waals surface area contributed by atoms with Gasteiger partial charge >= 0.3 is 0 Å². The summed E-state index contributed by atoms with van der Waals surface area (Å²) in [7, 11) is 0. The summed E-state index contributed by atoms with van der Waals surface area (Å²) in [6, 6.07) is 8.79. The number of aromatic nitrogens is 2. The second-order valence-corrected chi connectivity index (χ2v) is 6.83. The summed E-state index contributed by atoms with van der Waals surface area (Å²) < 4.78 is 14.6. The molecule has 0 saturated heterocycles. The van der Waals surface area contributed by atoms with Gasteiger partial charge in [-0.1, -0.05) is 0 Å². The maximum absolute atomic E-state index is 13.2. The molecule has 28 heavy (non-hydrogen) atoms. The van der Waals surface area contributed by atoms with E-state index >= 15 is 0 Å². The van der Waals surface area contributed by atoms with Crippen LogP contribution in [0.1, 0.15) is 27.2 Å². The summed E-state index contributed by atoms with van der Waals surface area (Å²) in [6.07, 6.45) is 3.51. The molecule has 0 unspecified atom stereocenters. The van der Waals surface area contributed by atoms with E-state index < -0.39 is 0 Å². The Morgan fingerprint density at radius 3 is 2.68 bits per heavy atom. The Hall–Kier alpha value is -3.48. The van der Waals surface area contributed by atoms with Crippen LogP contribution in [-0.4, -0.2) is 32.0 Å². The molecule has 0 fully saturated rings. The number of nitrogens with zero attached hydrogens (tertiary/aromatic N) is 3. The number of fused-ring (bicyclic) bond motifs is 1. The zero-order chi connectivity index (χ0) is 19.8. The standard InChI is InChI=1S/C21H18FN3O3/c1-13-8-18(19(26)10-23-13)21(28)24-7-6-14-9-20(27)25(12-15(14)11-24)17-4-2-16(22)3-5-17/h2-5,8-10,12,26H,6-7,11H2,1H3. The van der Waals surface area contributed by atoms with Crippen molar-refractivity contribution in [2.75, 3.05) is 6.54 Å². The molecule has 1 aliphatic heterocycles. The van der Waals surface area contributed by atoms with E-state index in [4.69, 9.17) is 0 Å². The Kier molecular flexibility index (Phi) is 4.43. The van der Waals surface area contributed by atoms with Crippen molar-refractivity contribution in [1.82, 2.24) is 14.5 Å². The van der Waals surface area contributed by atoms with E-state index in [-0.39, 0.29) is 28.6 Å². The van der Waals surface area contributed by atoms with Gasteiger partial charge in [0.05, 0.1) is 11.8 Å². The van der Waals surface area contributed by atoms with Gasteiger partial charge in [-0.2, -0.15) is 0 Å². The normalized spacial score (nSPS) is 13.3. The van der Waals surface area contributed by atoms with Crippen molar-refractivity contribution in [1.29, 1.82) is 0 Å². The molecule has 0 bridgehead atoms. The first-order valence-electron chi connectivity index (χ1n) is 8.87. The molecule has 1 aliphatic rings. The van der Waals surface area contributed by atoms with E-state index in [0.717, 1.165) is 11.1 Å². The highest BCUT2D eigenvalue weighted by molar-refractivity contribution is 5.96. The van der Waals surface area contributed by atoms with Crippen molar-refractivity contribution in [3.63, 3.8) is 0 Å². The number of benzene rings is 1. The van der Waals surface area contributed by atoms with Crippen LogP contribution in [0.3, 0.4) is 0 Å². The highest BCUT2D eigenvalue weighted by atomic mass is 19.1. The van der Waals surface area contributed by atoms with Gasteiger partial charge < -0.3 is 10.0 Å². The van der Waals surface area contributed by atoms with E-state index in [2.05, 4.69) is 4.98 Å². The average Bonchev–Trinajstić information content (AvgIpc) is 2.69. The Morgan fingerprint density at radius 1 is 1.18 bits per heavy atom. The van der Waals surface area contributed by atoms with Crippen molar-refractivity contribution in [3.8, 4) is 11.4 Å². The first-order chi connectivity index (χ1) is 13.4. The number of amides is 1. The Balaban J connectivity index is 1.67. The fourth-order valence-corrected chi connectivity index (χ4v) is 3.40. The summed E-state index contributed by atoms with van der Waals surface area (Å²) >= 11 is 0. The minimum Gasteiger partial charge on any atom is -0.505 e. The second kappa shape index (κ2) is 6.92. The summed E-state index contributed by atoms with van der Waals surface area (Å²) in [6.45, 7) is 2.52. The zero-order valence-electron chi connectivity index (χ0n) is 15.2. The summed E-state index contributed by atoms with van der Waals surface area (Å²) in [5.74, 6) is -0.815. The number of rotatable bonds is 2. The molecule has 6 nitrogen and oxygen atoms in total. The predicted molar refractivity (Wildman–Crippen MR) is 101 cm³/mol. The highest BCUT2D eigenvalue weighted by Crippen LogP contribution is 2.24. The molecular formula is C21H18FN3O3. The minimum atomic E-state index is -0.376. The number of halogens is 1. The quantitative estimate of drug-likeness (QED) is 0.743. The first-order valence-corrected chi connectivity index (χ1v) is 8.87. The van der Waals surface area contributed by atoms with Crippen LogP contribution < -0.4 is 5.56 Å². The van der Waals surface area contributed by atoms with Crippen molar-refractivity contribution < 1.29 is 14.3 Å².